The first kappa shape index (κ1) is 19.5. The number of aliphatic hydroxyl groups excluding tert-OH is 4. The molecule has 0 unspecified atom stereocenters. The number of esters is 1. The fraction of sp³-hybridized carbons (Fsp3) is 0.571. The highest BCUT2D eigenvalue weighted by Crippen LogP contribution is 2.12. The second-order valence-corrected chi connectivity index (χ2v) is 4.48. The molecule has 21 heavy (non-hydrogen) atoms. The summed E-state index contributed by atoms with van der Waals surface area (Å²) < 4.78 is 4.36. The molecular formula is C14H22O7. The topological polar surface area (TPSA) is 124 Å². The lowest BCUT2D eigenvalue weighted by Crippen LogP contribution is -2.39. The summed E-state index contributed by atoms with van der Waals surface area (Å²) in [6.45, 7) is 0. The zero-order valence-corrected chi connectivity index (χ0v) is 11.8. The van der Waals surface area contributed by atoms with Crippen LogP contribution in [0.5, 0.6) is 0 Å². The molecule has 0 aromatic rings. The molecule has 7 nitrogen and oxygen atoms in total. The molecule has 0 aliphatic heterocycles. The van der Waals surface area contributed by atoms with Crippen LogP contribution in [0, 0.1) is 0 Å². The number of ether oxygens (including phenoxy) is 1. The van der Waals surface area contributed by atoms with Crippen molar-refractivity contribution in [1.29, 1.82) is 0 Å². The predicted octanol–water partition coefficient (Wildman–Crippen LogP) is -0.915. The van der Waals surface area contributed by atoms with Crippen LogP contribution in [0.2, 0.25) is 0 Å². The summed E-state index contributed by atoms with van der Waals surface area (Å²) in [7, 11) is 1.18. The van der Waals surface area contributed by atoms with Crippen molar-refractivity contribution < 1.29 is 34.8 Å². The lowest BCUT2D eigenvalue weighted by atomic mass is 9.99. The van der Waals surface area contributed by atoms with Crippen LogP contribution in [0.4, 0.5) is 0 Å². The molecule has 4 N–H and O–H groups in total. The second kappa shape index (κ2) is 11.2. The molecule has 120 valence electrons. The molecule has 0 aliphatic carbocycles. The van der Waals surface area contributed by atoms with Crippen molar-refractivity contribution in [3.63, 3.8) is 0 Å². The minimum atomic E-state index is -1.46. The lowest BCUT2D eigenvalue weighted by Gasteiger charge is -2.23. The number of hydrogen-bond acceptors (Lipinski definition) is 7. The van der Waals surface area contributed by atoms with E-state index in [0.29, 0.717) is 6.29 Å². The van der Waals surface area contributed by atoms with E-state index in [2.05, 4.69) is 4.74 Å². The first-order valence-electron chi connectivity index (χ1n) is 6.48. The zero-order chi connectivity index (χ0) is 16.3. The summed E-state index contributed by atoms with van der Waals surface area (Å²) in [6, 6.07) is 0. The average Bonchev–Trinajstić information content (AvgIpc) is 2.45. The molecule has 0 radical (unpaired) electrons. The van der Waals surface area contributed by atoms with E-state index in [1.54, 1.807) is 0 Å². The Balaban J connectivity index is 4.19. The number of rotatable bonds is 10. The van der Waals surface area contributed by atoms with Crippen LogP contribution in [0.25, 0.3) is 0 Å². The van der Waals surface area contributed by atoms with Crippen molar-refractivity contribution in [2.24, 2.45) is 0 Å². The van der Waals surface area contributed by atoms with Crippen LogP contribution in [0.1, 0.15) is 19.3 Å². The molecule has 0 saturated carbocycles. The van der Waals surface area contributed by atoms with Gasteiger partial charge in [-0.3, -0.25) is 9.59 Å². The molecule has 0 amide bonds. The number of aldehydes is 1. The quantitative estimate of drug-likeness (QED) is 0.178. The first-order valence-corrected chi connectivity index (χ1v) is 6.48. The third kappa shape index (κ3) is 9.09. The van der Waals surface area contributed by atoms with Gasteiger partial charge in [-0.1, -0.05) is 18.2 Å². The number of methoxy groups -OCH3 is 1. The second-order valence-electron chi connectivity index (χ2n) is 4.48. The van der Waals surface area contributed by atoms with Crippen LogP contribution in [0.3, 0.4) is 0 Å². The van der Waals surface area contributed by atoms with E-state index in [4.69, 9.17) is 0 Å². The van der Waals surface area contributed by atoms with Gasteiger partial charge in [-0.25, -0.2) is 0 Å². The van der Waals surface area contributed by atoms with Crippen LogP contribution >= 0.6 is 0 Å². The maximum atomic E-state index is 10.9. The highest BCUT2D eigenvalue weighted by atomic mass is 16.5. The van der Waals surface area contributed by atoms with Gasteiger partial charge in [-0.15, -0.1) is 0 Å². The summed E-state index contributed by atoms with van der Waals surface area (Å²) in [5, 5.41) is 38.5. The van der Waals surface area contributed by atoms with Crippen LogP contribution < -0.4 is 0 Å². The average molecular weight is 302 g/mol. The highest BCUT2D eigenvalue weighted by Gasteiger charge is 2.26. The van der Waals surface area contributed by atoms with Gasteiger partial charge in [0, 0.05) is 6.42 Å². The fourth-order valence-corrected chi connectivity index (χ4v) is 1.58. The predicted molar refractivity (Wildman–Crippen MR) is 74.2 cm³/mol. The maximum absolute atomic E-state index is 10.9. The van der Waals surface area contributed by atoms with Crippen molar-refractivity contribution in [3.8, 4) is 0 Å². The van der Waals surface area contributed by atoms with Crippen LogP contribution in [-0.2, 0) is 14.3 Å². The molecule has 0 saturated heterocycles. The third-order valence-electron chi connectivity index (χ3n) is 2.75. The van der Waals surface area contributed by atoms with E-state index in [1.807, 2.05) is 0 Å². The Hall–Kier alpha value is -1.54. The van der Waals surface area contributed by atoms with E-state index in [9.17, 15) is 30.0 Å². The smallest absolute Gasteiger partial charge is 0.308 e. The Morgan fingerprint density at radius 2 is 1.76 bits per heavy atom. The normalized spacial score (nSPS) is 17.6. The van der Waals surface area contributed by atoms with E-state index in [1.165, 1.54) is 31.4 Å². The lowest BCUT2D eigenvalue weighted by molar-refractivity contribution is -0.143. The summed E-state index contributed by atoms with van der Waals surface area (Å²) in [6.07, 6.45) is 0.627. The number of carbonyl (C=O) groups is 2. The summed E-state index contributed by atoms with van der Waals surface area (Å²) in [4.78, 5) is 20.9. The fourth-order valence-electron chi connectivity index (χ4n) is 1.58. The summed E-state index contributed by atoms with van der Waals surface area (Å²) >= 11 is 0. The zero-order valence-electron chi connectivity index (χ0n) is 11.8. The Morgan fingerprint density at radius 3 is 2.33 bits per heavy atom. The summed E-state index contributed by atoms with van der Waals surface area (Å²) in [5.41, 5.74) is 0. The Morgan fingerprint density at radius 1 is 1.10 bits per heavy atom. The van der Waals surface area contributed by atoms with Gasteiger partial charge in [0.15, 0.2) is 0 Å². The van der Waals surface area contributed by atoms with Crippen molar-refractivity contribution in [2.45, 2.75) is 43.7 Å². The molecule has 0 aromatic heterocycles. The van der Waals surface area contributed by atoms with Gasteiger partial charge < -0.3 is 25.2 Å². The van der Waals surface area contributed by atoms with Gasteiger partial charge in [0.2, 0.25) is 0 Å². The minimum Gasteiger partial charge on any atom is -0.469 e. The molecule has 0 spiro atoms. The highest BCUT2D eigenvalue weighted by molar-refractivity contribution is 5.69. The standard InChI is InChI=1S/C14H22O7/c1-21-13(19)9-10(16)8-12(18)14(20)11(17)6-4-2-3-5-7-15/h2-5,7,10-12,14,16-18,20H,6,8-9H2,1H3/b4-2+,5-3+/t10-,11+,12-,14+/m1/s1. The molecule has 0 fully saturated rings. The van der Waals surface area contributed by atoms with Gasteiger partial charge >= 0.3 is 5.97 Å². The first-order chi connectivity index (χ1) is 9.92. The van der Waals surface area contributed by atoms with Crippen molar-refractivity contribution in [1.82, 2.24) is 0 Å². The van der Waals surface area contributed by atoms with Gasteiger partial charge in [0.1, 0.15) is 12.4 Å². The Labute approximate surface area is 123 Å². The van der Waals surface area contributed by atoms with E-state index in [0.717, 1.165) is 0 Å². The molecule has 0 aliphatic rings. The number of carbonyl (C=O) groups excluding carboxylic acids is 2. The van der Waals surface area contributed by atoms with E-state index >= 15 is 0 Å². The number of aliphatic hydroxyl groups is 4. The van der Waals surface area contributed by atoms with Crippen molar-refractivity contribution in [3.05, 3.63) is 24.3 Å². The molecule has 7 heteroatoms. The van der Waals surface area contributed by atoms with Gasteiger partial charge in [0.05, 0.1) is 31.8 Å². The molecule has 0 rings (SSSR count). The SMILES string of the molecule is COC(=O)C[C@H](O)C[C@@H](O)[C@@H](O)[C@@H](O)C/C=C/C=C/C=O. The molecule has 0 heterocycles. The minimum absolute atomic E-state index is 0.0640. The van der Waals surface area contributed by atoms with E-state index < -0.39 is 30.4 Å². The van der Waals surface area contributed by atoms with Gasteiger partial charge in [-0.2, -0.15) is 0 Å². The molecule has 4 atom stereocenters. The van der Waals surface area contributed by atoms with Crippen molar-refractivity contribution >= 4 is 12.3 Å². The van der Waals surface area contributed by atoms with Crippen molar-refractivity contribution in [2.75, 3.05) is 7.11 Å². The monoisotopic (exact) mass is 302 g/mol. The van der Waals surface area contributed by atoms with Crippen LogP contribution in [0.15, 0.2) is 24.3 Å². The van der Waals surface area contributed by atoms with Gasteiger partial charge in [0.25, 0.3) is 0 Å². The largest absolute Gasteiger partial charge is 0.469 e. The number of hydrogen-bond donors (Lipinski definition) is 4. The van der Waals surface area contributed by atoms with Gasteiger partial charge in [-0.05, 0) is 12.5 Å². The Kier molecular flexibility index (Phi) is 10.3. The molecule has 0 bridgehead atoms. The molecular weight excluding hydrogens is 280 g/mol. The Bertz CT molecular complexity index is 364. The third-order valence-corrected chi connectivity index (χ3v) is 2.75. The summed E-state index contributed by atoms with van der Waals surface area (Å²) in [5.74, 6) is -0.630. The van der Waals surface area contributed by atoms with E-state index in [-0.39, 0.29) is 19.3 Å². The molecule has 0 aromatic carbocycles. The van der Waals surface area contributed by atoms with Crippen LogP contribution in [-0.4, -0.2) is 64.2 Å². The number of allylic oxidation sites excluding steroid dienone is 3. The maximum Gasteiger partial charge on any atom is 0.308 e.